The summed E-state index contributed by atoms with van der Waals surface area (Å²) < 4.78 is 10.9. The van der Waals surface area contributed by atoms with E-state index in [-0.39, 0.29) is 5.91 Å². The molecule has 2 aliphatic rings. The van der Waals surface area contributed by atoms with Crippen LogP contribution in [-0.4, -0.2) is 63.2 Å². The zero-order valence-corrected chi connectivity index (χ0v) is 18.3. The maximum absolute atomic E-state index is 12.9. The van der Waals surface area contributed by atoms with Gasteiger partial charge < -0.3 is 19.3 Å². The molecule has 1 atom stereocenters. The molecule has 1 unspecified atom stereocenters. The molecule has 5 nitrogen and oxygen atoms in total. The van der Waals surface area contributed by atoms with Gasteiger partial charge in [0.2, 0.25) is 5.91 Å². The second-order valence-electron chi connectivity index (χ2n) is 8.47. The number of methoxy groups -OCH3 is 2. The van der Waals surface area contributed by atoms with Crippen LogP contribution >= 0.6 is 0 Å². The van der Waals surface area contributed by atoms with Crippen molar-refractivity contribution < 1.29 is 14.3 Å². The van der Waals surface area contributed by atoms with Gasteiger partial charge >= 0.3 is 0 Å². The Morgan fingerprint density at radius 2 is 1.67 bits per heavy atom. The average Bonchev–Trinajstić information content (AvgIpc) is 2.96. The smallest absolute Gasteiger partial charge is 0.223 e. The number of likely N-dealkylation sites (N-methyl/N-ethyl adjacent to an activating group) is 1. The summed E-state index contributed by atoms with van der Waals surface area (Å²) in [5.74, 6) is 2.38. The van der Waals surface area contributed by atoms with E-state index < -0.39 is 0 Å². The number of nitrogens with zero attached hydrogens (tertiary/aromatic N) is 2. The number of fused-ring (bicyclic) bond motifs is 2. The van der Waals surface area contributed by atoms with E-state index in [1.165, 1.54) is 22.3 Å². The van der Waals surface area contributed by atoms with E-state index in [1.54, 1.807) is 14.2 Å². The number of ether oxygens (including phenoxy) is 2. The van der Waals surface area contributed by atoms with Crippen LogP contribution in [0.15, 0.2) is 36.4 Å². The number of amides is 1. The van der Waals surface area contributed by atoms with Crippen molar-refractivity contribution in [2.75, 3.05) is 47.4 Å². The van der Waals surface area contributed by atoms with E-state index in [0.29, 0.717) is 12.3 Å². The van der Waals surface area contributed by atoms with Crippen LogP contribution in [0.3, 0.4) is 0 Å². The third-order valence-electron chi connectivity index (χ3n) is 6.56. The van der Waals surface area contributed by atoms with Crippen molar-refractivity contribution >= 4 is 5.91 Å². The Morgan fingerprint density at radius 3 is 2.27 bits per heavy atom. The van der Waals surface area contributed by atoms with Crippen molar-refractivity contribution in [2.45, 2.75) is 31.6 Å². The molecule has 1 heterocycles. The molecule has 0 saturated heterocycles. The Labute approximate surface area is 179 Å². The van der Waals surface area contributed by atoms with Gasteiger partial charge in [-0.15, -0.1) is 0 Å². The Hall–Kier alpha value is -2.53. The fraction of sp³-hybridized carbons (Fsp3) is 0.480. The molecule has 30 heavy (non-hydrogen) atoms. The third-order valence-corrected chi connectivity index (χ3v) is 6.56. The first kappa shape index (κ1) is 20.7. The Bertz CT molecular complexity index is 876. The predicted molar refractivity (Wildman–Crippen MR) is 119 cm³/mol. The van der Waals surface area contributed by atoms with Gasteiger partial charge in [0, 0.05) is 38.5 Å². The van der Waals surface area contributed by atoms with E-state index in [1.807, 2.05) is 4.90 Å². The van der Waals surface area contributed by atoms with E-state index >= 15 is 0 Å². The molecule has 0 radical (unpaired) electrons. The van der Waals surface area contributed by atoms with Gasteiger partial charge in [-0.25, -0.2) is 0 Å². The largest absolute Gasteiger partial charge is 0.493 e. The van der Waals surface area contributed by atoms with Crippen molar-refractivity contribution in [3.63, 3.8) is 0 Å². The summed E-state index contributed by atoms with van der Waals surface area (Å²) in [6.45, 7) is 3.36. The summed E-state index contributed by atoms with van der Waals surface area (Å²) in [6.07, 6.45) is 3.45. The van der Waals surface area contributed by atoms with Gasteiger partial charge in [-0.2, -0.15) is 0 Å². The second kappa shape index (κ2) is 9.09. The third kappa shape index (κ3) is 4.31. The summed E-state index contributed by atoms with van der Waals surface area (Å²) in [7, 11) is 5.45. The van der Waals surface area contributed by atoms with Crippen molar-refractivity contribution in [3.05, 3.63) is 58.7 Å². The minimum atomic E-state index is 0.252. The van der Waals surface area contributed by atoms with Gasteiger partial charge in [0.05, 0.1) is 14.2 Å². The van der Waals surface area contributed by atoms with Crippen LogP contribution in [0.1, 0.15) is 34.6 Å². The fourth-order valence-electron chi connectivity index (χ4n) is 4.74. The quantitative estimate of drug-likeness (QED) is 0.705. The lowest BCUT2D eigenvalue weighted by Crippen LogP contribution is -2.37. The topological polar surface area (TPSA) is 42.0 Å². The van der Waals surface area contributed by atoms with E-state index in [4.69, 9.17) is 9.47 Å². The molecule has 5 heteroatoms. The van der Waals surface area contributed by atoms with E-state index in [0.717, 1.165) is 56.9 Å². The molecular formula is C25H32N2O3. The SMILES string of the molecule is COc1cc2c(cc1OC)CCN(C(=O)CCN(C)CC1Cc3ccccc31)CC2. The van der Waals surface area contributed by atoms with Crippen LogP contribution in [0.25, 0.3) is 0 Å². The lowest BCUT2D eigenvalue weighted by atomic mass is 9.77. The van der Waals surface area contributed by atoms with Crippen LogP contribution in [0.2, 0.25) is 0 Å². The first-order valence-electron chi connectivity index (χ1n) is 10.9. The molecule has 0 saturated carbocycles. The molecule has 1 aliphatic carbocycles. The summed E-state index contributed by atoms with van der Waals surface area (Å²) in [4.78, 5) is 17.2. The monoisotopic (exact) mass is 408 g/mol. The number of carbonyl (C=O) groups excluding carboxylic acids is 1. The number of hydrogen-bond donors (Lipinski definition) is 0. The lowest BCUT2D eigenvalue weighted by molar-refractivity contribution is -0.131. The maximum Gasteiger partial charge on any atom is 0.223 e. The Kier molecular flexibility index (Phi) is 6.28. The Morgan fingerprint density at radius 1 is 1.03 bits per heavy atom. The highest BCUT2D eigenvalue weighted by atomic mass is 16.5. The van der Waals surface area contributed by atoms with Gasteiger partial charge in [0.15, 0.2) is 11.5 Å². The first-order chi connectivity index (χ1) is 14.6. The standard InChI is InChI=1S/C25H32N2O3/c1-26(17-21-14-20-6-4-5-7-22(20)21)11-10-25(28)27-12-8-18-15-23(29-2)24(30-3)16-19(18)9-13-27/h4-7,15-16,21H,8-14,17H2,1-3H3. The Balaban J connectivity index is 1.28. The summed E-state index contributed by atoms with van der Waals surface area (Å²) >= 11 is 0. The molecule has 1 amide bonds. The second-order valence-corrected chi connectivity index (χ2v) is 8.47. The van der Waals surface area contributed by atoms with E-state index in [9.17, 15) is 4.79 Å². The van der Waals surface area contributed by atoms with Crippen molar-refractivity contribution in [1.29, 1.82) is 0 Å². The molecule has 0 fully saturated rings. The van der Waals surface area contributed by atoms with Crippen molar-refractivity contribution in [1.82, 2.24) is 9.80 Å². The molecular weight excluding hydrogens is 376 g/mol. The number of benzene rings is 2. The van der Waals surface area contributed by atoms with Gasteiger partial charge in [-0.1, -0.05) is 24.3 Å². The molecule has 2 aromatic carbocycles. The summed E-state index contributed by atoms with van der Waals surface area (Å²) in [6, 6.07) is 12.8. The van der Waals surface area contributed by atoms with Crippen LogP contribution in [0.4, 0.5) is 0 Å². The fourth-order valence-corrected chi connectivity index (χ4v) is 4.74. The highest BCUT2D eigenvalue weighted by Gasteiger charge is 2.27. The highest BCUT2D eigenvalue weighted by Crippen LogP contribution is 2.35. The lowest BCUT2D eigenvalue weighted by Gasteiger charge is -2.33. The molecule has 0 bridgehead atoms. The van der Waals surface area contributed by atoms with Gasteiger partial charge in [0.1, 0.15) is 0 Å². The molecule has 0 spiro atoms. The minimum Gasteiger partial charge on any atom is -0.493 e. The average molecular weight is 409 g/mol. The number of carbonyl (C=O) groups is 1. The molecule has 0 N–H and O–H groups in total. The maximum atomic E-state index is 12.9. The molecule has 2 aromatic rings. The van der Waals surface area contributed by atoms with Gasteiger partial charge in [-0.3, -0.25) is 4.79 Å². The summed E-state index contributed by atoms with van der Waals surface area (Å²) in [5.41, 5.74) is 5.46. The number of rotatable bonds is 7. The normalized spacial score (nSPS) is 17.6. The zero-order valence-electron chi connectivity index (χ0n) is 18.3. The molecule has 4 rings (SSSR count). The van der Waals surface area contributed by atoms with Crippen LogP contribution in [-0.2, 0) is 24.1 Å². The highest BCUT2D eigenvalue weighted by molar-refractivity contribution is 5.76. The molecule has 160 valence electrons. The molecule has 1 aliphatic heterocycles. The van der Waals surface area contributed by atoms with Crippen LogP contribution in [0.5, 0.6) is 11.5 Å². The summed E-state index contributed by atoms with van der Waals surface area (Å²) in [5, 5.41) is 0. The number of hydrogen-bond acceptors (Lipinski definition) is 4. The van der Waals surface area contributed by atoms with Crippen LogP contribution in [0, 0.1) is 0 Å². The van der Waals surface area contributed by atoms with Gasteiger partial charge in [-0.05, 0) is 60.7 Å². The zero-order chi connectivity index (χ0) is 21.1. The predicted octanol–water partition coefficient (Wildman–Crippen LogP) is 3.29. The van der Waals surface area contributed by atoms with Crippen molar-refractivity contribution in [3.8, 4) is 11.5 Å². The van der Waals surface area contributed by atoms with Crippen molar-refractivity contribution in [2.24, 2.45) is 0 Å². The van der Waals surface area contributed by atoms with E-state index in [2.05, 4.69) is 48.3 Å². The molecule has 0 aromatic heterocycles. The van der Waals surface area contributed by atoms with Gasteiger partial charge in [0.25, 0.3) is 0 Å². The van der Waals surface area contributed by atoms with Crippen LogP contribution < -0.4 is 9.47 Å². The minimum absolute atomic E-state index is 0.252. The first-order valence-corrected chi connectivity index (χ1v) is 10.9.